The molecular formula is C27H38N7O23P3. The van der Waals surface area contributed by atoms with E-state index in [1.807, 2.05) is 0 Å². The van der Waals surface area contributed by atoms with E-state index < -0.39 is 128 Å². The summed E-state index contributed by atoms with van der Waals surface area (Å²) in [7, 11) is -16.3. The molecule has 2 aromatic rings. The number of aliphatic hydroxyl groups excluding tert-OH is 7. The van der Waals surface area contributed by atoms with Gasteiger partial charge in [0.05, 0.1) is 26.1 Å². The van der Waals surface area contributed by atoms with Crippen LogP contribution >= 0.6 is 23.5 Å². The van der Waals surface area contributed by atoms with Crippen molar-refractivity contribution < 1.29 is 111 Å². The van der Waals surface area contributed by atoms with Crippen LogP contribution in [0.2, 0.25) is 0 Å². The molecule has 0 spiro atoms. The summed E-state index contributed by atoms with van der Waals surface area (Å²) in [5.74, 6) is -3.57. The molecule has 1 amide bonds. The normalized spacial score (nSPS) is 30.7. The SMILES string of the molecule is NC(=O)C1=CN(C2O[C@H](COP(=O)(O)OP(=O)(O)OC[C@H]3O[C@@H](n4cnc5c(N)ncnc54)[C@H](OP(=O)(O)O)[C@@H]3O)C(O)C2O)C=CC1.O=C1O[C@H]([C@@H](O)CO)C(O)=C1O. The smallest absolute Gasteiger partial charge is 0.481 e. The molecule has 0 aliphatic carbocycles. The summed E-state index contributed by atoms with van der Waals surface area (Å²) in [5.41, 5.74) is 11.3. The standard InChI is InChI=1S/C21H30N7O17P3.C6H8O6/c22-17-12-19(25-7-24-17)28(8-26-12)21-16(44-46(33,34)35)14(30)11(43-21)6-41-48(38,39)45-47(36,37)40-5-10-13(29)15(31)20(42-10)27-3-1-2-9(4-27)18(23)32;7-1-2(8)5-3(9)4(10)6(11)12-5/h1,3-4,7-8,10-11,13-16,20-21,29-31H,2,5-6H2,(H2,23,32)(H,36,37)(H,38,39)(H2,22,24,25)(H2,33,34,35);2,5,7-10H,1H2/t10-,11-,13?,14-,15?,16-,20?,21-;2-,5+/m10/s1. The van der Waals surface area contributed by atoms with E-state index in [2.05, 4.69) is 28.5 Å². The van der Waals surface area contributed by atoms with Crippen molar-refractivity contribution in [1.82, 2.24) is 24.4 Å². The van der Waals surface area contributed by atoms with Crippen molar-refractivity contribution >= 4 is 52.3 Å². The number of nitrogens with zero attached hydrogens (tertiary/aromatic N) is 5. The van der Waals surface area contributed by atoms with Gasteiger partial charge in [-0.3, -0.25) is 22.9 Å². The minimum atomic E-state index is -5.52. The van der Waals surface area contributed by atoms with Crippen molar-refractivity contribution in [1.29, 1.82) is 0 Å². The van der Waals surface area contributed by atoms with Crippen LogP contribution in [0.4, 0.5) is 5.82 Å². The fourth-order valence-corrected chi connectivity index (χ4v) is 8.39. The minimum Gasteiger partial charge on any atom is -0.505 e. The van der Waals surface area contributed by atoms with Gasteiger partial charge in [-0.25, -0.2) is 33.4 Å². The fraction of sp³-hybridized carbons (Fsp3) is 0.519. The predicted octanol–water partition coefficient (Wildman–Crippen LogP) is -3.98. The van der Waals surface area contributed by atoms with Gasteiger partial charge in [0.25, 0.3) is 0 Å². The number of nitrogens with two attached hydrogens (primary N) is 2. The van der Waals surface area contributed by atoms with E-state index in [1.54, 1.807) is 0 Å². The lowest BCUT2D eigenvalue weighted by Gasteiger charge is -2.28. The minimum absolute atomic E-state index is 0.00424. The molecule has 0 bridgehead atoms. The molecule has 0 saturated carbocycles. The summed E-state index contributed by atoms with van der Waals surface area (Å²) in [6.45, 7) is -2.69. The van der Waals surface area contributed by atoms with Crippen molar-refractivity contribution in [3.63, 3.8) is 0 Å². The average molecular weight is 922 g/mol. The van der Waals surface area contributed by atoms with Crippen LogP contribution in [0.3, 0.4) is 0 Å². The first-order valence-electron chi connectivity index (χ1n) is 16.7. The van der Waals surface area contributed by atoms with Crippen LogP contribution in [0.1, 0.15) is 12.6 Å². The van der Waals surface area contributed by atoms with Crippen LogP contribution in [0, 0.1) is 0 Å². The quantitative estimate of drug-likeness (QED) is 0.0598. The molecule has 4 aliphatic rings. The van der Waals surface area contributed by atoms with E-state index in [-0.39, 0.29) is 29.0 Å². The van der Waals surface area contributed by atoms with Crippen LogP contribution in [-0.2, 0) is 55.4 Å². The monoisotopic (exact) mass is 921 g/mol. The summed E-state index contributed by atoms with van der Waals surface area (Å²) in [6, 6.07) is 0. The largest absolute Gasteiger partial charge is 0.505 e. The number of primary amides is 1. The van der Waals surface area contributed by atoms with Crippen molar-refractivity contribution in [3.05, 3.63) is 48.2 Å². The third-order valence-electron chi connectivity index (χ3n) is 8.59. The maximum Gasteiger partial charge on any atom is 0.481 e. The number of phosphoric ester groups is 3. The number of allylic oxidation sites excluding steroid dienone is 1. The highest BCUT2D eigenvalue weighted by molar-refractivity contribution is 7.61. The van der Waals surface area contributed by atoms with Gasteiger partial charge in [0, 0.05) is 18.0 Å². The van der Waals surface area contributed by atoms with Gasteiger partial charge in [-0.2, -0.15) is 4.31 Å². The van der Waals surface area contributed by atoms with Gasteiger partial charge < -0.3 is 85.9 Å². The molecule has 5 unspecified atom stereocenters. The first kappa shape index (κ1) is 47.1. The van der Waals surface area contributed by atoms with Crippen LogP contribution in [0.25, 0.3) is 11.2 Å². The number of rotatable bonds is 15. The molecule has 60 heavy (non-hydrogen) atoms. The molecule has 33 heteroatoms. The zero-order valence-electron chi connectivity index (χ0n) is 30.0. The molecule has 334 valence electrons. The van der Waals surface area contributed by atoms with E-state index in [0.717, 1.165) is 17.2 Å². The van der Waals surface area contributed by atoms with Gasteiger partial charge in [0.1, 0.15) is 54.6 Å². The highest BCUT2D eigenvalue weighted by Gasteiger charge is 2.51. The molecule has 2 aromatic heterocycles. The van der Waals surface area contributed by atoms with Crippen LogP contribution in [-0.4, -0.2) is 166 Å². The van der Waals surface area contributed by atoms with Crippen molar-refractivity contribution in [2.24, 2.45) is 5.73 Å². The number of aliphatic hydroxyl groups is 7. The molecule has 2 fully saturated rings. The number of phosphoric acid groups is 3. The number of hydrogen-bond donors (Lipinski definition) is 13. The molecule has 15 N–H and O–H groups in total. The number of ether oxygens (including phenoxy) is 3. The number of hydrogen-bond acceptors (Lipinski definition) is 24. The van der Waals surface area contributed by atoms with E-state index in [9.17, 15) is 58.2 Å². The zero-order valence-corrected chi connectivity index (χ0v) is 32.7. The number of amides is 1. The second-order valence-electron chi connectivity index (χ2n) is 12.7. The van der Waals surface area contributed by atoms with Crippen LogP contribution in [0.5, 0.6) is 0 Å². The number of fused-ring (bicyclic) bond motifs is 1. The van der Waals surface area contributed by atoms with Crippen molar-refractivity contribution in [2.45, 2.75) is 67.7 Å². The Hall–Kier alpha value is -4.00. The molecular weight excluding hydrogens is 883 g/mol. The third-order valence-corrected chi connectivity index (χ3v) is 11.7. The molecule has 0 aromatic carbocycles. The number of carbonyl (C=O) groups is 2. The van der Waals surface area contributed by atoms with Gasteiger partial charge >= 0.3 is 29.4 Å². The van der Waals surface area contributed by atoms with Gasteiger partial charge in [-0.1, -0.05) is 6.08 Å². The second kappa shape index (κ2) is 18.5. The van der Waals surface area contributed by atoms with Crippen molar-refractivity contribution in [3.8, 4) is 0 Å². The molecule has 2 saturated heterocycles. The Balaban J connectivity index is 0.000000489. The van der Waals surface area contributed by atoms with Gasteiger partial charge in [0.15, 0.2) is 35.8 Å². The number of aromatic nitrogens is 4. The zero-order chi connectivity index (χ0) is 44.5. The van der Waals surface area contributed by atoms with E-state index in [0.29, 0.717) is 0 Å². The first-order valence-corrected chi connectivity index (χ1v) is 21.2. The van der Waals surface area contributed by atoms with E-state index >= 15 is 0 Å². The Kier molecular flexibility index (Phi) is 14.5. The van der Waals surface area contributed by atoms with E-state index in [4.69, 9.17) is 50.4 Å². The Labute approximate surface area is 334 Å². The lowest BCUT2D eigenvalue weighted by Crippen LogP contribution is -2.40. The lowest BCUT2D eigenvalue weighted by molar-refractivity contribution is -0.147. The molecule has 4 aliphatic heterocycles. The summed E-state index contributed by atoms with van der Waals surface area (Å²) < 4.78 is 71.5. The number of anilines is 1. The molecule has 6 heterocycles. The van der Waals surface area contributed by atoms with Gasteiger partial charge in [0.2, 0.25) is 11.7 Å². The number of imidazole rings is 1. The summed E-state index contributed by atoms with van der Waals surface area (Å²) in [6.07, 6.45) is -9.25. The summed E-state index contributed by atoms with van der Waals surface area (Å²) in [4.78, 5) is 74.0. The third kappa shape index (κ3) is 10.9. The van der Waals surface area contributed by atoms with E-state index in [1.165, 1.54) is 23.4 Å². The maximum atomic E-state index is 12.6. The number of esters is 1. The number of cyclic esters (lactones) is 1. The average Bonchev–Trinajstić information content (AvgIpc) is 3.89. The fourth-order valence-electron chi connectivity index (χ4n) is 5.76. The highest BCUT2D eigenvalue weighted by Crippen LogP contribution is 2.61. The predicted molar refractivity (Wildman–Crippen MR) is 188 cm³/mol. The molecule has 30 nitrogen and oxygen atoms in total. The Morgan fingerprint density at radius 3 is 2.13 bits per heavy atom. The molecule has 12 atom stereocenters. The van der Waals surface area contributed by atoms with Gasteiger partial charge in [-0.05, 0) is 6.42 Å². The Morgan fingerprint density at radius 1 is 0.950 bits per heavy atom. The summed E-state index contributed by atoms with van der Waals surface area (Å²) >= 11 is 0. The lowest BCUT2D eigenvalue weighted by atomic mass is 10.1. The van der Waals surface area contributed by atoms with Crippen molar-refractivity contribution in [2.75, 3.05) is 25.6 Å². The molecule has 0 radical (unpaired) electrons. The van der Waals surface area contributed by atoms with Crippen LogP contribution in [0.15, 0.2) is 48.2 Å². The first-order chi connectivity index (χ1) is 27.9. The van der Waals surface area contributed by atoms with Gasteiger partial charge in [-0.15, -0.1) is 0 Å². The Bertz CT molecular complexity index is 2170. The Morgan fingerprint density at radius 2 is 1.57 bits per heavy atom. The second-order valence-corrected chi connectivity index (χ2v) is 17.0. The topological polar surface area (TPSA) is 471 Å². The summed E-state index contributed by atoms with van der Waals surface area (Å²) in [5, 5.41) is 66.6. The maximum absolute atomic E-state index is 12.6. The number of carbonyl (C=O) groups excluding carboxylic acids is 2. The highest BCUT2D eigenvalue weighted by atomic mass is 31.3. The molecule has 6 rings (SSSR count). The number of nitrogen functional groups attached to an aromatic ring is 1. The van der Waals surface area contributed by atoms with Crippen LogP contribution < -0.4 is 11.5 Å².